The van der Waals surface area contributed by atoms with Crippen LogP contribution in [0.1, 0.15) is 71.6 Å². The highest BCUT2D eigenvalue weighted by Gasteiger charge is 2.37. The Hall–Kier alpha value is -0.400. The van der Waals surface area contributed by atoms with Crippen LogP contribution in [0, 0.1) is 17.8 Å². The lowest BCUT2D eigenvalue weighted by atomic mass is 9.78. The van der Waals surface area contributed by atoms with Crippen LogP contribution in [0.25, 0.3) is 0 Å². The molecule has 0 N–H and O–H groups in total. The first kappa shape index (κ1) is 17.7. The average molecular weight is 286 g/mol. The maximum Gasteiger partial charge on any atom is 0.134 e. The van der Waals surface area contributed by atoms with Gasteiger partial charge in [-0.15, -0.1) is 6.58 Å². The number of alkyl halides is 2. The van der Waals surface area contributed by atoms with Gasteiger partial charge >= 0.3 is 0 Å². The van der Waals surface area contributed by atoms with Crippen LogP contribution < -0.4 is 0 Å². The third kappa shape index (κ3) is 5.54. The number of hydrogen-bond acceptors (Lipinski definition) is 0. The minimum atomic E-state index is -1.23. The molecule has 2 heteroatoms. The van der Waals surface area contributed by atoms with Crippen molar-refractivity contribution in [3.63, 3.8) is 0 Å². The van der Waals surface area contributed by atoms with E-state index in [0.717, 1.165) is 32.1 Å². The van der Waals surface area contributed by atoms with Crippen molar-refractivity contribution >= 4 is 0 Å². The fourth-order valence-corrected chi connectivity index (χ4v) is 3.41. The first-order valence-electron chi connectivity index (χ1n) is 8.50. The zero-order valence-electron chi connectivity index (χ0n) is 13.3. The van der Waals surface area contributed by atoms with Crippen molar-refractivity contribution in [3.8, 4) is 0 Å². The Balaban J connectivity index is 2.13. The van der Waals surface area contributed by atoms with Crippen molar-refractivity contribution in [2.24, 2.45) is 17.8 Å². The maximum absolute atomic E-state index is 13.9. The molecule has 1 saturated carbocycles. The number of hydrogen-bond donors (Lipinski definition) is 0. The van der Waals surface area contributed by atoms with Crippen LogP contribution in [0.5, 0.6) is 0 Å². The molecule has 0 spiro atoms. The van der Waals surface area contributed by atoms with Crippen LogP contribution in [0.15, 0.2) is 12.7 Å². The second-order valence-corrected chi connectivity index (χ2v) is 6.63. The topological polar surface area (TPSA) is 0 Å². The summed E-state index contributed by atoms with van der Waals surface area (Å²) in [6.45, 7) is 7.92. The molecule has 1 fully saturated rings. The fraction of sp³-hybridized carbons (Fsp3) is 0.889. The van der Waals surface area contributed by atoms with Crippen molar-refractivity contribution in [3.05, 3.63) is 12.7 Å². The quantitative estimate of drug-likeness (QED) is 0.346. The monoisotopic (exact) mass is 286 g/mol. The first-order valence-corrected chi connectivity index (χ1v) is 8.50. The minimum Gasteiger partial charge on any atom is -0.244 e. The van der Waals surface area contributed by atoms with Gasteiger partial charge in [-0.25, -0.2) is 8.78 Å². The molecule has 0 aromatic carbocycles. The van der Waals surface area contributed by atoms with Crippen molar-refractivity contribution in [2.45, 2.75) is 84.0 Å². The number of unbranched alkanes of at least 4 members (excludes halogenated alkanes) is 2. The zero-order chi connectivity index (χ0) is 15.0. The summed E-state index contributed by atoms with van der Waals surface area (Å²) in [5, 5.41) is 0. The molecule has 20 heavy (non-hydrogen) atoms. The number of rotatable bonds is 9. The van der Waals surface area contributed by atoms with E-state index in [4.69, 9.17) is 0 Å². The molecule has 0 heterocycles. The van der Waals surface area contributed by atoms with E-state index in [1.165, 1.54) is 25.7 Å². The summed E-state index contributed by atoms with van der Waals surface area (Å²) in [4.78, 5) is 0. The normalized spacial score (nSPS) is 32.0. The zero-order valence-corrected chi connectivity index (χ0v) is 13.3. The Bertz CT molecular complexity index is 264. The molecule has 0 saturated heterocycles. The van der Waals surface area contributed by atoms with Crippen molar-refractivity contribution in [1.82, 2.24) is 0 Å². The summed E-state index contributed by atoms with van der Waals surface area (Å²) < 4.78 is 27.5. The minimum absolute atomic E-state index is 0.0351. The van der Waals surface area contributed by atoms with Gasteiger partial charge in [0.05, 0.1) is 0 Å². The highest BCUT2D eigenvalue weighted by molar-refractivity contribution is 4.86. The molecule has 5 unspecified atom stereocenters. The van der Waals surface area contributed by atoms with E-state index >= 15 is 0 Å². The Morgan fingerprint density at radius 1 is 1.10 bits per heavy atom. The van der Waals surface area contributed by atoms with Gasteiger partial charge in [0.25, 0.3) is 0 Å². The SMILES string of the molecule is C=CC(CCC)CCCCCC1CCC(C)C(F)C1F. The molecule has 0 aliphatic heterocycles. The largest absolute Gasteiger partial charge is 0.244 e. The van der Waals surface area contributed by atoms with Gasteiger partial charge in [0.2, 0.25) is 0 Å². The molecule has 5 atom stereocenters. The Morgan fingerprint density at radius 2 is 1.85 bits per heavy atom. The van der Waals surface area contributed by atoms with E-state index in [1.807, 2.05) is 6.92 Å². The fourth-order valence-electron chi connectivity index (χ4n) is 3.41. The van der Waals surface area contributed by atoms with E-state index in [-0.39, 0.29) is 11.8 Å². The maximum atomic E-state index is 13.9. The second kappa shape index (κ2) is 9.52. The van der Waals surface area contributed by atoms with Gasteiger partial charge in [-0.3, -0.25) is 0 Å². The van der Waals surface area contributed by atoms with E-state index in [0.29, 0.717) is 5.92 Å². The third-order valence-electron chi connectivity index (χ3n) is 4.93. The van der Waals surface area contributed by atoms with Crippen molar-refractivity contribution in [1.29, 1.82) is 0 Å². The van der Waals surface area contributed by atoms with Crippen LogP contribution in [0.2, 0.25) is 0 Å². The van der Waals surface area contributed by atoms with Crippen LogP contribution in [-0.4, -0.2) is 12.3 Å². The Labute approximate surface area is 124 Å². The molecule has 1 aliphatic rings. The van der Waals surface area contributed by atoms with Crippen molar-refractivity contribution < 1.29 is 8.78 Å². The summed E-state index contributed by atoms with van der Waals surface area (Å²) >= 11 is 0. The smallest absolute Gasteiger partial charge is 0.134 e. The first-order chi connectivity index (χ1) is 9.60. The molecule has 1 rings (SSSR count). The van der Waals surface area contributed by atoms with E-state index < -0.39 is 12.3 Å². The highest BCUT2D eigenvalue weighted by atomic mass is 19.2. The summed E-state index contributed by atoms with van der Waals surface area (Å²) in [6, 6.07) is 0. The van der Waals surface area contributed by atoms with Crippen LogP contribution in [0.4, 0.5) is 8.78 Å². The lowest BCUT2D eigenvalue weighted by Crippen LogP contribution is -2.36. The molecule has 0 amide bonds. The van der Waals surface area contributed by atoms with Crippen molar-refractivity contribution in [2.75, 3.05) is 0 Å². The lowest BCUT2D eigenvalue weighted by molar-refractivity contribution is 0.0253. The molecular formula is C18H32F2. The van der Waals surface area contributed by atoms with Gasteiger partial charge in [-0.2, -0.15) is 0 Å². The van der Waals surface area contributed by atoms with Crippen LogP contribution >= 0.6 is 0 Å². The van der Waals surface area contributed by atoms with Gasteiger partial charge in [0.1, 0.15) is 12.3 Å². The Kier molecular flexibility index (Phi) is 8.40. The molecule has 118 valence electrons. The second-order valence-electron chi connectivity index (χ2n) is 6.63. The molecule has 0 bridgehead atoms. The molecule has 0 nitrogen and oxygen atoms in total. The predicted molar refractivity (Wildman–Crippen MR) is 83.4 cm³/mol. The van der Waals surface area contributed by atoms with Crippen LogP contribution in [0.3, 0.4) is 0 Å². The highest BCUT2D eigenvalue weighted by Crippen LogP contribution is 2.36. The molecule has 0 aromatic rings. The van der Waals surface area contributed by atoms with Crippen LogP contribution in [-0.2, 0) is 0 Å². The summed E-state index contributed by atoms with van der Waals surface area (Å²) in [7, 11) is 0. The van der Waals surface area contributed by atoms with Gasteiger partial charge < -0.3 is 0 Å². The molecule has 0 radical (unpaired) electrons. The van der Waals surface area contributed by atoms with E-state index in [2.05, 4.69) is 19.6 Å². The lowest BCUT2D eigenvalue weighted by Gasteiger charge is -2.33. The average Bonchev–Trinajstić information content (AvgIpc) is 2.45. The summed E-state index contributed by atoms with van der Waals surface area (Å²) in [5.41, 5.74) is 0. The summed E-state index contributed by atoms with van der Waals surface area (Å²) in [6.07, 6.45) is 9.19. The predicted octanol–water partition coefficient (Wildman–Crippen LogP) is 6.26. The van der Waals surface area contributed by atoms with E-state index in [1.54, 1.807) is 0 Å². The van der Waals surface area contributed by atoms with Gasteiger partial charge in [0.15, 0.2) is 0 Å². The molecule has 0 aromatic heterocycles. The van der Waals surface area contributed by atoms with Gasteiger partial charge in [-0.05, 0) is 49.9 Å². The number of halogens is 2. The molecule has 1 aliphatic carbocycles. The van der Waals surface area contributed by atoms with Gasteiger partial charge in [0, 0.05) is 0 Å². The van der Waals surface area contributed by atoms with Gasteiger partial charge in [-0.1, -0.05) is 45.6 Å². The standard InChI is InChI=1S/C18H32F2/c1-4-9-15(5-2)10-7-6-8-11-16-13-12-14(3)17(19)18(16)20/h5,14-18H,2,4,6-13H2,1,3H3. The summed E-state index contributed by atoms with van der Waals surface area (Å²) in [5.74, 6) is 0.510. The number of allylic oxidation sites excluding steroid dienone is 1. The van der Waals surface area contributed by atoms with E-state index in [9.17, 15) is 8.78 Å². The Morgan fingerprint density at radius 3 is 2.50 bits per heavy atom. The molecular weight excluding hydrogens is 254 g/mol. The third-order valence-corrected chi connectivity index (χ3v) is 4.93.